The van der Waals surface area contributed by atoms with Crippen molar-refractivity contribution in [2.75, 3.05) is 31.6 Å². The summed E-state index contributed by atoms with van der Waals surface area (Å²) in [6.07, 6.45) is 6.32. The van der Waals surface area contributed by atoms with Crippen LogP contribution < -0.4 is 5.32 Å². The second-order valence-corrected chi connectivity index (χ2v) is 9.43. The van der Waals surface area contributed by atoms with E-state index in [2.05, 4.69) is 35.4 Å². The summed E-state index contributed by atoms with van der Waals surface area (Å²) < 4.78 is 32.1. The molecule has 1 aliphatic carbocycles. The molecular formula is C21H27N3O3S. The van der Waals surface area contributed by atoms with Gasteiger partial charge in [0.1, 0.15) is 10.7 Å². The van der Waals surface area contributed by atoms with Crippen molar-refractivity contribution in [1.29, 1.82) is 0 Å². The van der Waals surface area contributed by atoms with Crippen LogP contribution in [0.4, 0.5) is 5.82 Å². The van der Waals surface area contributed by atoms with E-state index in [9.17, 15) is 8.42 Å². The number of rotatable bonds is 5. The first kappa shape index (κ1) is 19.4. The number of aromatic nitrogens is 1. The predicted octanol–water partition coefficient (Wildman–Crippen LogP) is 3.15. The zero-order valence-electron chi connectivity index (χ0n) is 16.2. The summed E-state index contributed by atoms with van der Waals surface area (Å²) in [6, 6.07) is 10.2. The minimum atomic E-state index is -3.51. The fraction of sp³-hybridized carbons (Fsp3) is 0.476. The number of nitrogens with one attached hydrogen (secondary N) is 1. The Labute approximate surface area is 167 Å². The number of sulfonamides is 1. The Kier molecular flexibility index (Phi) is 5.66. The molecular weight excluding hydrogens is 374 g/mol. The van der Waals surface area contributed by atoms with E-state index in [4.69, 9.17) is 4.74 Å². The number of ether oxygens (including phenoxy) is 1. The third kappa shape index (κ3) is 4.06. The van der Waals surface area contributed by atoms with E-state index in [1.54, 1.807) is 12.1 Å². The molecule has 2 aromatic rings. The third-order valence-corrected chi connectivity index (χ3v) is 7.46. The van der Waals surface area contributed by atoms with Crippen LogP contribution in [-0.4, -0.2) is 44.0 Å². The number of hydrogen-bond donors (Lipinski definition) is 1. The monoisotopic (exact) mass is 401 g/mol. The van der Waals surface area contributed by atoms with Crippen LogP contribution in [0.1, 0.15) is 42.5 Å². The second kappa shape index (κ2) is 8.19. The van der Waals surface area contributed by atoms with Gasteiger partial charge in [-0.2, -0.15) is 4.31 Å². The maximum atomic E-state index is 12.7. The Hall–Kier alpha value is -1.96. The highest BCUT2D eigenvalue weighted by Crippen LogP contribution is 2.26. The van der Waals surface area contributed by atoms with Crippen molar-refractivity contribution >= 4 is 15.8 Å². The van der Waals surface area contributed by atoms with Crippen molar-refractivity contribution in [3.8, 4) is 0 Å². The summed E-state index contributed by atoms with van der Waals surface area (Å²) in [5.74, 6) is 0.672. The van der Waals surface area contributed by atoms with Gasteiger partial charge in [0, 0.05) is 25.3 Å². The number of hydrogen-bond acceptors (Lipinski definition) is 5. The molecule has 6 nitrogen and oxygen atoms in total. The zero-order chi connectivity index (χ0) is 19.6. The van der Waals surface area contributed by atoms with Gasteiger partial charge in [-0.3, -0.25) is 0 Å². The average Bonchev–Trinajstić information content (AvgIpc) is 2.74. The van der Waals surface area contributed by atoms with Crippen molar-refractivity contribution in [1.82, 2.24) is 9.29 Å². The summed E-state index contributed by atoms with van der Waals surface area (Å²) in [4.78, 5) is 4.57. The first-order valence-corrected chi connectivity index (χ1v) is 11.4. The van der Waals surface area contributed by atoms with Gasteiger partial charge in [-0.05, 0) is 61.4 Å². The molecule has 1 aromatic carbocycles. The van der Waals surface area contributed by atoms with Crippen LogP contribution in [0.2, 0.25) is 0 Å². The molecule has 1 N–H and O–H groups in total. The molecule has 1 fully saturated rings. The molecule has 1 atom stereocenters. The highest BCUT2D eigenvalue weighted by atomic mass is 32.2. The second-order valence-electron chi connectivity index (χ2n) is 7.50. The Balaban J connectivity index is 1.45. The molecule has 4 rings (SSSR count). The molecule has 0 bridgehead atoms. The van der Waals surface area contributed by atoms with Crippen molar-refractivity contribution in [2.24, 2.45) is 0 Å². The maximum absolute atomic E-state index is 12.7. The maximum Gasteiger partial charge on any atom is 0.244 e. The standard InChI is InChI=1S/C21H27N3O3S/c1-16(18-7-6-17-4-2-3-5-19(17)14-18)23-21-9-8-20(15-22-21)28(25,26)24-10-12-27-13-11-24/h6-9,14-16H,2-5,10-13H2,1H3,(H,22,23). The smallest absolute Gasteiger partial charge is 0.244 e. The first-order valence-electron chi connectivity index (χ1n) is 9.96. The van der Waals surface area contributed by atoms with E-state index in [1.165, 1.54) is 46.5 Å². The lowest BCUT2D eigenvalue weighted by Gasteiger charge is -2.26. The molecule has 7 heteroatoms. The van der Waals surface area contributed by atoms with Crippen LogP contribution in [-0.2, 0) is 27.6 Å². The van der Waals surface area contributed by atoms with Crippen LogP contribution in [0.25, 0.3) is 0 Å². The summed E-state index contributed by atoms with van der Waals surface area (Å²) in [5, 5.41) is 3.38. The Bertz CT molecular complexity index is 922. The molecule has 28 heavy (non-hydrogen) atoms. The van der Waals surface area contributed by atoms with Crippen molar-refractivity contribution < 1.29 is 13.2 Å². The molecule has 0 radical (unpaired) electrons. The Morgan fingerprint density at radius 1 is 1.07 bits per heavy atom. The first-order chi connectivity index (χ1) is 13.5. The number of morpholine rings is 1. The van der Waals surface area contributed by atoms with E-state index in [-0.39, 0.29) is 10.9 Å². The quantitative estimate of drug-likeness (QED) is 0.833. The number of nitrogens with zero attached hydrogens (tertiary/aromatic N) is 2. The van der Waals surface area contributed by atoms with E-state index in [0.717, 1.165) is 6.42 Å². The normalized spacial score (nSPS) is 19.0. The molecule has 1 unspecified atom stereocenters. The predicted molar refractivity (Wildman–Crippen MR) is 109 cm³/mol. The minimum absolute atomic E-state index is 0.0985. The van der Waals surface area contributed by atoms with Crippen LogP contribution in [0, 0.1) is 0 Å². The van der Waals surface area contributed by atoms with Crippen LogP contribution in [0.3, 0.4) is 0 Å². The number of anilines is 1. The molecule has 1 aromatic heterocycles. The van der Waals surface area contributed by atoms with Gasteiger partial charge in [-0.15, -0.1) is 0 Å². The largest absolute Gasteiger partial charge is 0.379 e. The SMILES string of the molecule is CC(Nc1ccc(S(=O)(=O)N2CCOCC2)cn1)c1ccc2c(c1)CCCC2. The fourth-order valence-corrected chi connectivity index (χ4v) is 5.24. The summed E-state index contributed by atoms with van der Waals surface area (Å²) >= 11 is 0. The summed E-state index contributed by atoms with van der Waals surface area (Å²) in [6.45, 7) is 3.75. The van der Waals surface area contributed by atoms with Crippen molar-refractivity contribution in [2.45, 2.75) is 43.5 Å². The highest BCUT2D eigenvalue weighted by molar-refractivity contribution is 7.89. The van der Waals surface area contributed by atoms with Gasteiger partial charge < -0.3 is 10.1 Å². The molecule has 2 aliphatic rings. The number of pyridine rings is 1. The number of fused-ring (bicyclic) bond motifs is 1. The topological polar surface area (TPSA) is 71.5 Å². The lowest BCUT2D eigenvalue weighted by atomic mass is 9.89. The van der Waals surface area contributed by atoms with Crippen molar-refractivity contribution in [3.05, 3.63) is 53.2 Å². The molecule has 0 saturated carbocycles. The average molecular weight is 402 g/mol. The molecule has 150 valence electrons. The van der Waals surface area contributed by atoms with Crippen LogP contribution in [0.15, 0.2) is 41.4 Å². The van der Waals surface area contributed by atoms with Gasteiger partial charge >= 0.3 is 0 Å². The fourth-order valence-electron chi connectivity index (χ4n) is 3.88. The molecule has 0 spiro atoms. The van der Waals surface area contributed by atoms with E-state index in [1.807, 2.05) is 0 Å². The number of aryl methyl sites for hydroxylation is 2. The van der Waals surface area contributed by atoms with Gasteiger partial charge in [0.2, 0.25) is 10.0 Å². The minimum Gasteiger partial charge on any atom is -0.379 e. The summed E-state index contributed by atoms with van der Waals surface area (Å²) in [5.41, 5.74) is 4.16. The summed E-state index contributed by atoms with van der Waals surface area (Å²) in [7, 11) is -3.51. The van der Waals surface area contributed by atoms with Gasteiger partial charge in [0.25, 0.3) is 0 Å². The zero-order valence-corrected chi connectivity index (χ0v) is 17.0. The van der Waals surface area contributed by atoms with Gasteiger partial charge in [0.05, 0.1) is 13.2 Å². The lowest BCUT2D eigenvalue weighted by molar-refractivity contribution is 0.0730. The molecule has 1 saturated heterocycles. The highest BCUT2D eigenvalue weighted by Gasteiger charge is 2.26. The lowest BCUT2D eigenvalue weighted by Crippen LogP contribution is -2.40. The molecule has 0 amide bonds. The molecule has 2 heterocycles. The molecule has 1 aliphatic heterocycles. The van der Waals surface area contributed by atoms with Crippen LogP contribution in [0.5, 0.6) is 0 Å². The van der Waals surface area contributed by atoms with E-state index >= 15 is 0 Å². The van der Waals surface area contributed by atoms with E-state index in [0.29, 0.717) is 32.1 Å². The Morgan fingerprint density at radius 2 is 1.82 bits per heavy atom. The Morgan fingerprint density at radius 3 is 2.54 bits per heavy atom. The van der Waals surface area contributed by atoms with E-state index < -0.39 is 10.0 Å². The third-order valence-electron chi connectivity index (χ3n) is 5.58. The van der Waals surface area contributed by atoms with Gasteiger partial charge in [-0.1, -0.05) is 18.2 Å². The van der Waals surface area contributed by atoms with Crippen LogP contribution >= 0.6 is 0 Å². The van der Waals surface area contributed by atoms with Gasteiger partial charge in [0.15, 0.2) is 0 Å². The van der Waals surface area contributed by atoms with Crippen molar-refractivity contribution in [3.63, 3.8) is 0 Å². The van der Waals surface area contributed by atoms with Gasteiger partial charge in [-0.25, -0.2) is 13.4 Å². The number of benzene rings is 1.